The Labute approximate surface area is 95.1 Å². The highest BCUT2D eigenvalue weighted by Gasteiger charge is 2.08. The molecule has 0 aliphatic rings. The first kappa shape index (κ1) is 17.3. The lowest BCUT2D eigenvalue weighted by Gasteiger charge is -2.19. The average Bonchev–Trinajstić information content (AvgIpc) is 2.13. The molecule has 0 aliphatic carbocycles. The molecular weight excluding hydrogens is 192 g/mol. The fourth-order valence-electron chi connectivity index (χ4n) is 0.755. The first-order valence-corrected chi connectivity index (χ1v) is 5.77. The Balaban J connectivity index is 0. The highest BCUT2D eigenvalue weighted by molar-refractivity contribution is 4.57. The lowest BCUT2D eigenvalue weighted by Crippen LogP contribution is -2.21. The van der Waals surface area contributed by atoms with Crippen molar-refractivity contribution in [3.63, 3.8) is 0 Å². The van der Waals surface area contributed by atoms with E-state index in [2.05, 4.69) is 0 Å². The van der Waals surface area contributed by atoms with Crippen LogP contribution in [0.3, 0.4) is 0 Å². The van der Waals surface area contributed by atoms with Crippen LogP contribution >= 0.6 is 0 Å². The molecule has 0 fully saturated rings. The van der Waals surface area contributed by atoms with E-state index in [1.165, 1.54) is 0 Å². The molecule has 0 unspecified atom stereocenters. The maximum Gasteiger partial charge on any atom is 0.0707 e. The molecule has 0 heterocycles. The second-order valence-corrected chi connectivity index (χ2v) is 3.94. The van der Waals surface area contributed by atoms with Gasteiger partial charge in [0.2, 0.25) is 0 Å². The van der Waals surface area contributed by atoms with Crippen molar-refractivity contribution >= 4 is 0 Å². The third kappa shape index (κ3) is 24.8. The Morgan fingerprint density at radius 1 is 0.733 bits per heavy atom. The topological polar surface area (TPSA) is 27.7 Å². The van der Waals surface area contributed by atoms with E-state index in [9.17, 15) is 0 Å². The zero-order chi connectivity index (χ0) is 12.2. The largest absolute Gasteiger partial charge is 0.382 e. The van der Waals surface area contributed by atoms with Gasteiger partial charge in [-0.05, 0) is 41.5 Å². The fourth-order valence-corrected chi connectivity index (χ4v) is 0.755. The van der Waals surface area contributed by atoms with Gasteiger partial charge in [0, 0.05) is 19.8 Å². The Bertz CT molecular complexity index is 106. The smallest absolute Gasteiger partial charge is 0.0707 e. The van der Waals surface area contributed by atoms with Gasteiger partial charge in [0.15, 0.2) is 0 Å². The van der Waals surface area contributed by atoms with E-state index in [0.717, 1.165) is 19.8 Å². The second kappa shape index (κ2) is 12.0. The molecule has 0 saturated heterocycles. The molecule has 94 valence electrons. The zero-order valence-electron chi connectivity index (χ0n) is 11.3. The Kier molecular flexibility index (Phi) is 13.8. The van der Waals surface area contributed by atoms with Gasteiger partial charge < -0.3 is 14.2 Å². The first-order valence-electron chi connectivity index (χ1n) is 5.77. The summed E-state index contributed by atoms with van der Waals surface area (Å²) in [5.41, 5.74) is -0.0307. The summed E-state index contributed by atoms with van der Waals surface area (Å²) in [6.45, 7) is 15.9. The van der Waals surface area contributed by atoms with Crippen molar-refractivity contribution in [3.8, 4) is 0 Å². The predicted molar refractivity (Wildman–Crippen MR) is 64.4 cm³/mol. The molecule has 0 spiro atoms. The van der Waals surface area contributed by atoms with Crippen LogP contribution in [0.1, 0.15) is 41.5 Å². The van der Waals surface area contributed by atoms with Crippen molar-refractivity contribution in [1.82, 2.24) is 0 Å². The maximum atomic E-state index is 5.41. The number of hydrogen-bond acceptors (Lipinski definition) is 3. The number of ether oxygens (including phenoxy) is 3. The third-order valence-electron chi connectivity index (χ3n) is 1.38. The van der Waals surface area contributed by atoms with Crippen LogP contribution in [0.25, 0.3) is 0 Å². The lowest BCUT2D eigenvalue weighted by atomic mass is 10.2. The minimum absolute atomic E-state index is 0.0307. The molecule has 0 saturated carbocycles. The summed E-state index contributed by atoms with van der Waals surface area (Å²) in [5, 5.41) is 0. The van der Waals surface area contributed by atoms with Crippen molar-refractivity contribution in [2.45, 2.75) is 47.1 Å². The molecule has 0 bridgehead atoms. The SMILES string of the molecule is CCOCC.CCOCCOC(C)(C)C. The zero-order valence-corrected chi connectivity index (χ0v) is 11.3. The molecule has 3 heteroatoms. The van der Waals surface area contributed by atoms with Gasteiger partial charge >= 0.3 is 0 Å². The summed E-state index contributed by atoms with van der Waals surface area (Å²) in [4.78, 5) is 0. The summed E-state index contributed by atoms with van der Waals surface area (Å²) < 4.78 is 15.3. The molecule has 0 radical (unpaired) electrons. The van der Waals surface area contributed by atoms with Gasteiger partial charge in [-0.15, -0.1) is 0 Å². The fraction of sp³-hybridized carbons (Fsp3) is 1.00. The number of rotatable bonds is 6. The van der Waals surface area contributed by atoms with Crippen LogP contribution in [-0.2, 0) is 14.2 Å². The van der Waals surface area contributed by atoms with Crippen molar-refractivity contribution in [1.29, 1.82) is 0 Å². The minimum Gasteiger partial charge on any atom is -0.382 e. The van der Waals surface area contributed by atoms with E-state index in [1.54, 1.807) is 0 Å². The van der Waals surface area contributed by atoms with Crippen LogP contribution < -0.4 is 0 Å². The third-order valence-corrected chi connectivity index (χ3v) is 1.38. The van der Waals surface area contributed by atoms with E-state index in [-0.39, 0.29) is 5.60 Å². The Hall–Kier alpha value is -0.120. The molecular formula is C12H28O3. The van der Waals surface area contributed by atoms with Gasteiger partial charge in [-0.2, -0.15) is 0 Å². The van der Waals surface area contributed by atoms with Crippen LogP contribution in [0.2, 0.25) is 0 Å². The highest BCUT2D eigenvalue weighted by atomic mass is 16.5. The van der Waals surface area contributed by atoms with Crippen molar-refractivity contribution in [3.05, 3.63) is 0 Å². The standard InChI is InChI=1S/C8H18O2.C4H10O/c1-5-9-6-7-10-8(2,3)4;1-3-5-4-2/h5-7H2,1-4H3;3-4H2,1-2H3. The number of hydrogen-bond donors (Lipinski definition) is 0. The summed E-state index contributed by atoms with van der Waals surface area (Å²) in [7, 11) is 0. The molecule has 0 aromatic rings. The molecule has 3 nitrogen and oxygen atoms in total. The highest BCUT2D eigenvalue weighted by Crippen LogP contribution is 2.05. The molecule has 15 heavy (non-hydrogen) atoms. The van der Waals surface area contributed by atoms with E-state index in [4.69, 9.17) is 14.2 Å². The van der Waals surface area contributed by atoms with Crippen LogP contribution in [-0.4, -0.2) is 38.6 Å². The van der Waals surface area contributed by atoms with Gasteiger partial charge in [-0.3, -0.25) is 0 Å². The second-order valence-electron chi connectivity index (χ2n) is 3.94. The van der Waals surface area contributed by atoms with Gasteiger partial charge in [0.05, 0.1) is 18.8 Å². The van der Waals surface area contributed by atoms with E-state index < -0.39 is 0 Å². The molecule has 0 N–H and O–H groups in total. The monoisotopic (exact) mass is 220 g/mol. The molecule has 0 aromatic heterocycles. The summed E-state index contributed by atoms with van der Waals surface area (Å²) in [5.74, 6) is 0. The summed E-state index contributed by atoms with van der Waals surface area (Å²) >= 11 is 0. The average molecular weight is 220 g/mol. The minimum atomic E-state index is -0.0307. The van der Waals surface area contributed by atoms with Crippen LogP contribution in [0.15, 0.2) is 0 Å². The predicted octanol–water partition coefficient (Wildman–Crippen LogP) is 2.88. The maximum absolute atomic E-state index is 5.41. The normalized spacial score (nSPS) is 10.8. The van der Waals surface area contributed by atoms with Crippen LogP contribution in [0.5, 0.6) is 0 Å². The van der Waals surface area contributed by atoms with Gasteiger partial charge in [-0.25, -0.2) is 0 Å². The molecule has 0 aliphatic heterocycles. The molecule has 0 amide bonds. The van der Waals surface area contributed by atoms with Crippen molar-refractivity contribution < 1.29 is 14.2 Å². The quantitative estimate of drug-likeness (QED) is 0.644. The van der Waals surface area contributed by atoms with Crippen molar-refractivity contribution in [2.24, 2.45) is 0 Å². The Morgan fingerprint density at radius 2 is 1.20 bits per heavy atom. The summed E-state index contributed by atoms with van der Waals surface area (Å²) in [6.07, 6.45) is 0. The molecule has 0 atom stereocenters. The summed E-state index contributed by atoms with van der Waals surface area (Å²) in [6, 6.07) is 0. The molecule has 0 aromatic carbocycles. The van der Waals surface area contributed by atoms with Gasteiger partial charge in [0.1, 0.15) is 0 Å². The Morgan fingerprint density at radius 3 is 1.47 bits per heavy atom. The van der Waals surface area contributed by atoms with Gasteiger partial charge in [0.25, 0.3) is 0 Å². The van der Waals surface area contributed by atoms with E-state index in [1.807, 2.05) is 41.5 Å². The van der Waals surface area contributed by atoms with Crippen molar-refractivity contribution in [2.75, 3.05) is 33.0 Å². The van der Waals surface area contributed by atoms with Crippen LogP contribution in [0, 0.1) is 0 Å². The lowest BCUT2D eigenvalue weighted by molar-refractivity contribution is -0.0331. The molecule has 0 rings (SSSR count). The van der Waals surface area contributed by atoms with E-state index in [0.29, 0.717) is 13.2 Å². The van der Waals surface area contributed by atoms with Crippen LogP contribution in [0.4, 0.5) is 0 Å². The van der Waals surface area contributed by atoms with Gasteiger partial charge in [-0.1, -0.05) is 0 Å². The first-order chi connectivity index (χ1) is 6.97. The van der Waals surface area contributed by atoms with E-state index >= 15 is 0 Å².